The fourth-order valence-electron chi connectivity index (χ4n) is 2.33. The molecule has 1 fully saturated rings. The summed E-state index contributed by atoms with van der Waals surface area (Å²) in [4.78, 5) is 0. The van der Waals surface area contributed by atoms with E-state index in [-0.39, 0.29) is 5.92 Å². The lowest BCUT2D eigenvalue weighted by molar-refractivity contribution is -0.0330. The van der Waals surface area contributed by atoms with Crippen LogP contribution in [0.15, 0.2) is 22.7 Å². The Kier molecular flexibility index (Phi) is 4.14. The van der Waals surface area contributed by atoms with E-state index in [4.69, 9.17) is 11.6 Å². The molecule has 2 unspecified atom stereocenters. The highest BCUT2D eigenvalue weighted by molar-refractivity contribution is 9.10. The fraction of sp³-hybridized carbons (Fsp3) is 0.538. The standard InChI is InChI=1S/C13H17BrClNO/c1-9-8-16-5-4-13(9,17)7-10-6-11(15)2-3-12(10)14/h2-3,6,9,16-17H,4-5,7-8H2,1H3. The summed E-state index contributed by atoms with van der Waals surface area (Å²) in [6.45, 7) is 3.83. The number of halogens is 2. The van der Waals surface area contributed by atoms with E-state index in [0.29, 0.717) is 11.4 Å². The lowest BCUT2D eigenvalue weighted by atomic mass is 9.78. The molecule has 2 nitrogen and oxygen atoms in total. The van der Waals surface area contributed by atoms with Gasteiger partial charge in [-0.25, -0.2) is 0 Å². The van der Waals surface area contributed by atoms with Gasteiger partial charge in [0.2, 0.25) is 0 Å². The van der Waals surface area contributed by atoms with Gasteiger partial charge in [-0.1, -0.05) is 34.5 Å². The molecule has 2 atom stereocenters. The molecule has 1 aromatic carbocycles. The number of benzene rings is 1. The third kappa shape index (κ3) is 3.02. The molecule has 0 aromatic heterocycles. The van der Waals surface area contributed by atoms with Crippen LogP contribution in [0.5, 0.6) is 0 Å². The van der Waals surface area contributed by atoms with Crippen LogP contribution in [-0.2, 0) is 6.42 Å². The molecule has 1 heterocycles. The van der Waals surface area contributed by atoms with Gasteiger partial charge in [0.05, 0.1) is 5.60 Å². The van der Waals surface area contributed by atoms with Crippen LogP contribution in [0, 0.1) is 5.92 Å². The van der Waals surface area contributed by atoms with Crippen LogP contribution in [0.25, 0.3) is 0 Å². The molecule has 1 aliphatic rings. The van der Waals surface area contributed by atoms with Gasteiger partial charge in [0.1, 0.15) is 0 Å². The summed E-state index contributed by atoms with van der Waals surface area (Å²) < 4.78 is 1.01. The first-order valence-corrected chi connectivity index (χ1v) is 7.05. The Morgan fingerprint density at radius 3 is 3.06 bits per heavy atom. The van der Waals surface area contributed by atoms with Crippen molar-refractivity contribution >= 4 is 27.5 Å². The van der Waals surface area contributed by atoms with Crippen molar-refractivity contribution in [2.24, 2.45) is 5.92 Å². The quantitative estimate of drug-likeness (QED) is 0.878. The number of hydrogen-bond donors (Lipinski definition) is 2. The van der Waals surface area contributed by atoms with Crippen molar-refractivity contribution < 1.29 is 5.11 Å². The third-order valence-electron chi connectivity index (χ3n) is 3.61. The average Bonchev–Trinajstić information content (AvgIpc) is 2.28. The zero-order valence-corrected chi connectivity index (χ0v) is 12.2. The van der Waals surface area contributed by atoms with Gasteiger partial charge in [-0.3, -0.25) is 0 Å². The molecule has 0 amide bonds. The van der Waals surface area contributed by atoms with Gasteiger partial charge in [-0.15, -0.1) is 0 Å². The lowest BCUT2D eigenvalue weighted by Crippen LogP contribution is -2.50. The molecule has 94 valence electrons. The van der Waals surface area contributed by atoms with Gasteiger partial charge < -0.3 is 10.4 Å². The molecule has 1 aliphatic heterocycles. The normalized spacial score (nSPS) is 29.3. The first-order valence-electron chi connectivity index (χ1n) is 5.88. The third-order valence-corrected chi connectivity index (χ3v) is 4.62. The Morgan fingerprint density at radius 1 is 1.59 bits per heavy atom. The number of aliphatic hydroxyl groups is 1. The van der Waals surface area contributed by atoms with E-state index in [1.165, 1.54) is 0 Å². The zero-order valence-electron chi connectivity index (χ0n) is 9.84. The summed E-state index contributed by atoms with van der Waals surface area (Å²) in [6.07, 6.45) is 1.43. The number of nitrogens with one attached hydrogen (secondary N) is 1. The molecular weight excluding hydrogens is 302 g/mol. The van der Waals surface area contributed by atoms with Crippen molar-refractivity contribution in [3.63, 3.8) is 0 Å². The average molecular weight is 319 g/mol. The van der Waals surface area contributed by atoms with Crippen molar-refractivity contribution in [1.82, 2.24) is 5.32 Å². The van der Waals surface area contributed by atoms with Crippen LogP contribution in [0.1, 0.15) is 18.9 Å². The number of rotatable bonds is 2. The predicted molar refractivity (Wildman–Crippen MR) is 74.5 cm³/mol. The minimum atomic E-state index is -0.627. The van der Waals surface area contributed by atoms with Crippen molar-refractivity contribution in [3.05, 3.63) is 33.3 Å². The molecule has 0 aliphatic carbocycles. The molecule has 2 N–H and O–H groups in total. The smallest absolute Gasteiger partial charge is 0.0737 e. The second-order valence-corrected chi connectivity index (χ2v) is 6.16. The summed E-state index contributed by atoms with van der Waals surface area (Å²) in [5.74, 6) is 0.252. The summed E-state index contributed by atoms with van der Waals surface area (Å²) in [7, 11) is 0. The van der Waals surface area contributed by atoms with Gasteiger partial charge in [-0.2, -0.15) is 0 Å². The maximum absolute atomic E-state index is 10.7. The molecule has 0 spiro atoms. The minimum Gasteiger partial charge on any atom is -0.389 e. The second-order valence-electron chi connectivity index (χ2n) is 4.87. The van der Waals surface area contributed by atoms with Crippen LogP contribution in [0.4, 0.5) is 0 Å². The van der Waals surface area contributed by atoms with E-state index in [2.05, 4.69) is 28.2 Å². The van der Waals surface area contributed by atoms with Gasteiger partial charge in [0.25, 0.3) is 0 Å². The molecule has 4 heteroatoms. The molecule has 1 aromatic rings. The van der Waals surface area contributed by atoms with Crippen LogP contribution in [-0.4, -0.2) is 23.8 Å². The Bertz CT molecular complexity index is 412. The van der Waals surface area contributed by atoms with Gasteiger partial charge >= 0.3 is 0 Å². The Hall–Kier alpha value is -0.0900. The van der Waals surface area contributed by atoms with E-state index in [1.54, 1.807) is 0 Å². The van der Waals surface area contributed by atoms with E-state index in [0.717, 1.165) is 29.5 Å². The SMILES string of the molecule is CC1CNCCC1(O)Cc1cc(Cl)ccc1Br. The highest BCUT2D eigenvalue weighted by atomic mass is 79.9. The van der Waals surface area contributed by atoms with E-state index in [9.17, 15) is 5.11 Å². The van der Waals surface area contributed by atoms with Gasteiger partial charge in [-0.05, 0) is 42.6 Å². The number of hydrogen-bond acceptors (Lipinski definition) is 2. The fourth-order valence-corrected chi connectivity index (χ4v) is 2.91. The monoisotopic (exact) mass is 317 g/mol. The molecular formula is C13H17BrClNO. The van der Waals surface area contributed by atoms with Crippen LogP contribution in [0.3, 0.4) is 0 Å². The van der Waals surface area contributed by atoms with E-state index in [1.807, 2.05) is 18.2 Å². The highest BCUT2D eigenvalue weighted by Crippen LogP contribution is 2.32. The molecule has 0 saturated carbocycles. The maximum Gasteiger partial charge on any atom is 0.0737 e. The molecule has 1 saturated heterocycles. The zero-order chi connectivity index (χ0) is 12.5. The Morgan fingerprint density at radius 2 is 2.35 bits per heavy atom. The van der Waals surface area contributed by atoms with E-state index < -0.39 is 5.60 Å². The van der Waals surface area contributed by atoms with Gasteiger partial charge in [0, 0.05) is 22.5 Å². The molecule has 2 rings (SSSR count). The Labute approximate surface area is 115 Å². The van der Waals surface area contributed by atoms with Crippen molar-refractivity contribution in [1.29, 1.82) is 0 Å². The van der Waals surface area contributed by atoms with Gasteiger partial charge in [0.15, 0.2) is 0 Å². The second kappa shape index (κ2) is 5.27. The summed E-state index contributed by atoms with van der Waals surface area (Å²) >= 11 is 9.52. The first-order chi connectivity index (χ1) is 8.01. The van der Waals surface area contributed by atoms with Crippen LogP contribution >= 0.6 is 27.5 Å². The van der Waals surface area contributed by atoms with Crippen molar-refractivity contribution in [2.45, 2.75) is 25.4 Å². The van der Waals surface area contributed by atoms with E-state index >= 15 is 0 Å². The van der Waals surface area contributed by atoms with Crippen LogP contribution in [0.2, 0.25) is 5.02 Å². The summed E-state index contributed by atoms with van der Waals surface area (Å²) in [5.41, 5.74) is 0.451. The molecule has 0 bridgehead atoms. The molecule has 17 heavy (non-hydrogen) atoms. The summed E-state index contributed by atoms with van der Waals surface area (Å²) in [5, 5.41) is 14.7. The maximum atomic E-state index is 10.7. The largest absolute Gasteiger partial charge is 0.389 e. The lowest BCUT2D eigenvalue weighted by Gasteiger charge is -2.39. The van der Waals surface area contributed by atoms with Crippen molar-refractivity contribution in [3.8, 4) is 0 Å². The topological polar surface area (TPSA) is 32.3 Å². The van der Waals surface area contributed by atoms with Crippen molar-refractivity contribution in [2.75, 3.05) is 13.1 Å². The summed E-state index contributed by atoms with van der Waals surface area (Å²) in [6, 6.07) is 5.72. The molecule has 0 radical (unpaired) electrons. The van der Waals surface area contributed by atoms with Crippen LogP contribution < -0.4 is 5.32 Å². The minimum absolute atomic E-state index is 0.252. The Balaban J connectivity index is 2.21. The highest BCUT2D eigenvalue weighted by Gasteiger charge is 2.36. The predicted octanol–water partition coefficient (Wildman–Crippen LogP) is 3.01. The first kappa shape index (κ1) is 13.3. The number of piperidine rings is 1.